The Hall–Kier alpha value is -1.47. The van der Waals surface area contributed by atoms with E-state index < -0.39 is 21.9 Å². The molecule has 120 valence electrons. The number of rotatable bonds is 2. The van der Waals surface area contributed by atoms with Crippen LogP contribution in [0.2, 0.25) is 0 Å². The van der Waals surface area contributed by atoms with Crippen molar-refractivity contribution in [2.24, 2.45) is 0 Å². The third-order valence-electron chi connectivity index (χ3n) is 4.58. The van der Waals surface area contributed by atoms with E-state index in [0.29, 0.717) is 12.1 Å². The lowest BCUT2D eigenvalue weighted by Gasteiger charge is -2.40. The van der Waals surface area contributed by atoms with E-state index in [1.165, 1.54) is 16.4 Å². The summed E-state index contributed by atoms with van der Waals surface area (Å²) in [6.07, 6.45) is 1.71. The third-order valence-corrected chi connectivity index (χ3v) is 6.66. The Labute approximate surface area is 129 Å². The van der Waals surface area contributed by atoms with Crippen LogP contribution >= 0.6 is 0 Å². The number of nitrogens with zero attached hydrogens (tertiary/aromatic N) is 2. The fraction of sp³-hybridized carbons (Fsp3) is 0.533. The lowest BCUT2D eigenvalue weighted by atomic mass is 10.1. The summed E-state index contributed by atoms with van der Waals surface area (Å²) in [4.78, 5) is 14.1. The van der Waals surface area contributed by atoms with Crippen LogP contribution in [0.3, 0.4) is 0 Å². The Morgan fingerprint density at radius 2 is 2.05 bits per heavy atom. The van der Waals surface area contributed by atoms with E-state index >= 15 is 0 Å². The summed E-state index contributed by atoms with van der Waals surface area (Å²) in [5, 5.41) is 0. The van der Waals surface area contributed by atoms with Gasteiger partial charge in [-0.05, 0) is 44.4 Å². The van der Waals surface area contributed by atoms with Gasteiger partial charge < -0.3 is 4.90 Å². The zero-order valence-corrected chi connectivity index (χ0v) is 13.4. The molecule has 2 aliphatic rings. The normalized spacial score (nSPS) is 26.3. The number of carbonyl (C=O) groups excluding carboxylic acids is 1. The van der Waals surface area contributed by atoms with E-state index in [-0.39, 0.29) is 23.4 Å². The maximum absolute atomic E-state index is 13.5. The van der Waals surface area contributed by atoms with Crippen molar-refractivity contribution in [3.8, 4) is 0 Å². The number of benzene rings is 1. The molecule has 2 saturated heterocycles. The number of halogens is 1. The van der Waals surface area contributed by atoms with Crippen molar-refractivity contribution in [2.75, 3.05) is 13.1 Å². The molecular formula is C15H19FN2O3S. The van der Waals surface area contributed by atoms with Gasteiger partial charge in [0.1, 0.15) is 11.9 Å². The van der Waals surface area contributed by atoms with E-state index in [1.54, 1.807) is 18.7 Å². The smallest absolute Gasteiger partial charge is 0.244 e. The Bertz CT molecular complexity index is 719. The lowest BCUT2D eigenvalue weighted by Crippen LogP contribution is -2.59. The highest BCUT2D eigenvalue weighted by atomic mass is 32.2. The van der Waals surface area contributed by atoms with Crippen LogP contribution in [0.5, 0.6) is 0 Å². The molecule has 2 fully saturated rings. The number of sulfonamides is 1. The molecule has 5 nitrogen and oxygen atoms in total. The zero-order valence-electron chi connectivity index (χ0n) is 12.6. The molecule has 0 aromatic heterocycles. The summed E-state index contributed by atoms with van der Waals surface area (Å²) in [6, 6.07) is 2.90. The Morgan fingerprint density at radius 3 is 2.77 bits per heavy atom. The lowest BCUT2D eigenvalue weighted by molar-refractivity contribution is -0.139. The van der Waals surface area contributed by atoms with Gasteiger partial charge in [0.15, 0.2) is 0 Å². The highest BCUT2D eigenvalue weighted by Gasteiger charge is 2.45. The molecule has 0 N–H and O–H groups in total. The van der Waals surface area contributed by atoms with Gasteiger partial charge in [0.05, 0.1) is 4.90 Å². The van der Waals surface area contributed by atoms with Gasteiger partial charge in [-0.15, -0.1) is 0 Å². The quantitative estimate of drug-likeness (QED) is 0.828. The van der Waals surface area contributed by atoms with Gasteiger partial charge in [-0.1, -0.05) is 6.07 Å². The monoisotopic (exact) mass is 326 g/mol. The molecule has 0 radical (unpaired) electrons. The van der Waals surface area contributed by atoms with E-state index in [4.69, 9.17) is 0 Å². The summed E-state index contributed by atoms with van der Waals surface area (Å²) in [5.41, 5.74) is 0.481. The molecule has 0 spiro atoms. The zero-order chi connectivity index (χ0) is 16.1. The summed E-state index contributed by atoms with van der Waals surface area (Å²) >= 11 is 0. The van der Waals surface area contributed by atoms with Gasteiger partial charge in [0.25, 0.3) is 0 Å². The summed E-state index contributed by atoms with van der Waals surface area (Å²) in [5.74, 6) is -0.756. The number of piperazine rings is 1. The molecule has 0 saturated carbocycles. The van der Waals surface area contributed by atoms with Crippen molar-refractivity contribution in [1.29, 1.82) is 0 Å². The number of fused-ring (bicyclic) bond motifs is 1. The molecule has 7 heteroatoms. The molecule has 0 unspecified atom stereocenters. The van der Waals surface area contributed by atoms with Crippen LogP contribution in [0.25, 0.3) is 0 Å². The molecule has 2 aliphatic heterocycles. The third kappa shape index (κ3) is 2.32. The average Bonchev–Trinajstić information content (AvgIpc) is 2.93. The summed E-state index contributed by atoms with van der Waals surface area (Å²) in [7, 11) is -3.89. The van der Waals surface area contributed by atoms with Crippen molar-refractivity contribution in [3.63, 3.8) is 0 Å². The van der Waals surface area contributed by atoms with E-state index in [2.05, 4.69) is 0 Å². The Kier molecular flexibility index (Phi) is 3.72. The molecule has 1 aromatic carbocycles. The number of carbonyl (C=O) groups is 1. The van der Waals surface area contributed by atoms with Gasteiger partial charge in [-0.2, -0.15) is 4.31 Å². The number of amides is 1. The van der Waals surface area contributed by atoms with Gasteiger partial charge in [-0.3, -0.25) is 4.79 Å². The summed E-state index contributed by atoms with van der Waals surface area (Å²) in [6.45, 7) is 4.21. The van der Waals surface area contributed by atoms with Crippen molar-refractivity contribution >= 4 is 15.9 Å². The minimum atomic E-state index is -3.89. The maximum atomic E-state index is 13.5. The Morgan fingerprint density at radius 1 is 1.32 bits per heavy atom. The summed E-state index contributed by atoms with van der Waals surface area (Å²) < 4.78 is 40.5. The van der Waals surface area contributed by atoms with Crippen LogP contribution in [0, 0.1) is 12.7 Å². The van der Waals surface area contributed by atoms with Crippen molar-refractivity contribution in [3.05, 3.63) is 29.6 Å². The standard InChI is InChI=1S/C15H19FN2O3S/c1-10-5-6-12(16)8-14(10)22(20,21)18-9-13-4-3-7-17(13)15(19)11(18)2/h5-6,8,11,13H,3-4,7,9H2,1-2H3/t11-,13-/m0/s1. The van der Waals surface area contributed by atoms with Crippen molar-refractivity contribution in [1.82, 2.24) is 9.21 Å². The van der Waals surface area contributed by atoms with Crippen molar-refractivity contribution < 1.29 is 17.6 Å². The fourth-order valence-electron chi connectivity index (χ4n) is 3.33. The van der Waals surface area contributed by atoms with E-state index in [0.717, 1.165) is 18.9 Å². The molecule has 0 aliphatic carbocycles. The van der Waals surface area contributed by atoms with E-state index in [9.17, 15) is 17.6 Å². The molecule has 3 rings (SSSR count). The molecule has 2 heterocycles. The van der Waals surface area contributed by atoms with Crippen molar-refractivity contribution in [2.45, 2.75) is 43.7 Å². The first kappa shape index (κ1) is 15.4. The number of hydrogen-bond donors (Lipinski definition) is 0. The second-order valence-corrected chi connectivity index (χ2v) is 7.85. The molecule has 1 amide bonds. The molecule has 0 bridgehead atoms. The molecule has 22 heavy (non-hydrogen) atoms. The largest absolute Gasteiger partial charge is 0.337 e. The average molecular weight is 326 g/mol. The second kappa shape index (κ2) is 5.31. The van der Waals surface area contributed by atoms with Gasteiger partial charge in [-0.25, -0.2) is 12.8 Å². The highest BCUT2D eigenvalue weighted by molar-refractivity contribution is 7.89. The SMILES string of the molecule is Cc1ccc(F)cc1S(=O)(=O)N1C[C@@H]2CCCN2C(=O)[C@@H]1C. The minimum Gasteiger partial charge on any atom is -0.337 e. The first-order valence-electron chi connectivity index (χ1n) is 7.41. The van der Waals surface area contributed by atoms with Crippen LogP contribution in [0.4, 0.5) is 4.39 Å². The van der Waals surface area contributed by atoms with E-state index in [1.807, 2.05) is 0 Å². The highest BCUT2D eigenvalue weighted by Crippen LogP contribution is 2.31. The van der Waals surface area contributed by atoms with Gasteiger partial charge in [0.2, 0.25) is 15.9 Å². The van der Waals surface area contributed by atoms with Gasteiger partial charge in [0, 0.05) is 19.1 Å². The fourth-order valence-corrected chi connectivity index (χ4v) is 5.19. The predicted molar refractivity (Wildman–Crippen MR) is 79.2 cm³/mol. The molecule has 1 aromatic rings. The second-order valence-electron chi connectivity index (χ2n) is 5.99. The first-order chi connectivity index (χ1) is 10.3. The van der Waals surface area contributed by atoms with Crippen LogP contribution in [-0.4, -0.2) is 48.7 Å². The van der Waals surface area contributed by atoms with Crippen LogP contribution < -0.4 is 0 Å². The van der Waals surface area contributed by atoms with Crippen LogP contribution in [0.15, 0.2) is 23.1 Å². The molecule has 2 atom stereocenters. The Balaban J connectivity index is 2.01. The van der Waals surface area contributed by atoms with Crippen LogP contribution in [-0.2, 0) is 14.8 Å². The molecular weight excluding hydrogens is 307 g/mol. The minimum absolute atomic E-state index is 0.0569. The van der Waals surface area contributed by atoms with Crippen LogP contribution in [0.1, 0.15) is 25.3 Å². The maximum Gasteiger partial charge on any atom is 0.244 e. The number of hydrogen-bond acceptors (Lipinski definition) is 3. The van der Waals surface area contributed by atoms with Gasteiger partial charge >= 0.3 is 0 Å². The predicted octanol–water partition coefficient (Wildman–Crippen LogP) is 1.52. The topological polar surface area (TPSA) is 57.7 Å². The number of aryl methyl sites for hydroxylation is 1. The first-order valence-corrected chi connectivity index (χ1v) is 8.85.